The Morgan fingerprint density at radius 1 is 1.38 bits per heavy atom. The fourth-order valence-electron chi connectivity index (χ4n) is 1.94. The lowest BCUT2D eigenvalue weighted by atomic mass is 10.1. The van der Waals surface area contributed by atoms with Gasteiger partial charge in [-0.2, -0.15) is 0 Å². The number of thioether (sulfide) groups is 1. The summed E-state index contributed by atoms with van der Waals surface area (Å²) in [7, 11) is 0. The van der Waals surface area contributed by atoms with Gasteiger partial charge in [0.15, 0.2) is 0 Å². The molecule has 0 aromatic carbocycles. The highest BCUT2D eigenvalue weighted by Crippen LogP contribution is 2.34. The molecule has 0 spiro atoms. The van der Waals surface area contributed by atoms with Gasteiger partial charge in [0, 0.05) is 16.8 Å². The zero-order valence-electron chi connectivity index (χ0n) is 12.9. The summed E-state index contributed by atoms with van der Waals surface area (Å²) in [6, 6.07) is 0. The molecule has 2 aromatic heterocycles. The van der Waals surface area contributed by atoms with E-state index in [1.54, 1.807) is 17.7 Å². The zero-order chi connectivity index (χ0) is 15.4. The van der Waals surface area contributed by atoms with E-state index in [0.717, 1.165) is 28.2 Å². The standard InChI is InChI=1S/C15H21N3OS2/c1-9(2)5-6-16-12(19)7-20-14-13-10(3)11(4)21-15(13)18-8-17-14/h8-9H,5-7H2,1-4H3,(H,16,19). The first kappa shape index (κ1) is 16.2. The number of fused-ring (bicyclic) bond motifs is 1. The van der Waals surface area contributed by atoms with Crippen LogP contribution >= 0.6 is 23.1 Å². The predicted molar refractivity (Wildman–Crippen MR) is 90.1 cm³/mol. The van der Waals surface area contributed by atoms with Crippen molar-refractivity contribution < 1.29 is 4.79 Å². The average molecular weight is 323 g/mol. The van der Waals surface area contributed by atoms with Gasteiger partial charge in [-0.05, 0) is 31.7 Å². The van der Waals surface area contributed by atoms with Crippen LogP contribution in [0.5, 0.6) is 0 Å². The van der Waals surface area contributed by atoms with Crippen LogP contribution < -0.4 is 5.32 Å². The van der Waals surface area contributed by atoms with Crippen LogP contribution in [-0.4, -0.2) is 28.2 Å². The van der Waals surface area contributed by atoms with Crippen molar-refractivity contribution in [3.8, 4) is 0 Å². The maximum atomic E-state index is 11.9. The second-order valence-electron chi connectivity index (χ2n) is 5.46. The van der Waals surface area contributed by atoms with E-state index >= 15 is 0 Å². The fraction of sp³-hybridized carbons (Fsp3) is 0.533. The van der Waals surface area contributed by atoms with E-state index in [1.807, 2.05) is 0 Å². The SMILES string of the molecule is Cc1sc2ncnc(SCC(=O)NCCC(C)C)c2c1C. The first-order valence-electron chi connectivity index (χ1n) is 7.09. The van der Waals surface area contributed by atoms with Gasteiger partial charge in [0.05, 0.1) is 5.75 Å². The fourth-order valence-corrected chi connectivity index (χ4v) is 3.89. The molecule has 2 rings (SSSR count). The molecule has 0 saturated carbocycles. The quantitative estimate of drug-likeness (QED) is 0.652. The lowest BCUT2D eigenvalue weighted by Gasteiger charge is -2.07. The molecule has 0 atom stereocenters. The second kappa shape index (κ2) is 7.22. The molecule has 0 radical (unpaired) electrons. The van der Waals surface area contributed by atoms with Crippen molar-refractivity contribution in [3.63, 3.8) is 0 Å². The van der Waals surface area contributed by atoms with Crippen LogP contribution in [0.2, 0.25) is 0 Å². The molecule has 0 saturated heterocycles. The number of amides is 1. The predicted octanol–water partition coefficient (Wildman–Crippen LogP) is 3.56. The van der Waals surface area contributed by atoms with Crippen LogP contribution in [0.1, 0.15) is 30.7 Å². The van der Waals surface area contributed by atoms with Crippen molar-refractivity contribution in [2.75, 3.05) is 12.3 Å². The summed E-state index contributed by atoms with van der Waals surface area (Å²) in [6.45, 7) is 9.23. The van der Waals surface area contributed by atoms with Gasteiger partial charge in [-0.15, -0.1) is 11.3 Å². The Morgan fingerprint density at radius 2 is 2.14 bits per heavy atom. The van der Waals surface area contributed by atoms with Gasteiger partial charge < -0.3 is 5.32 Å². The van der Waals surface area contributed by atoms with Crippen molar-refractivity contribution in [1.82, 2.24) is 15.3 Å². The number of hydrogen-bond donors (Lipinski definition) is 1. The minimum atomic E-state index is 0.0667. The van der Waals surface area contributed by atoms with Crippen molar-refractivity contribution >= 4 is 39.2 Å². The van der Waals surface area contributed by atoms with Gasteiger partial charge in [-0.25, -0.2) is 9.97 Å². The van der Waals surface area contributed by atoms with Gasteiger partial charge in [0.1, 0.15) is 16.2 Å². The summed E-state index contributed by atoms with van der Waals surface area (Å²) < 4.78 is 0. The van der Waals surface area contributed by atoms with Gasteiger partial charge in [-0.1, -0.05) is 25.6 Å². The van der Waals surface area contributed by atoms with Crippen LogP contribution in [0.15, 0.2) is 11.4 Å². The number of aromatic nitrogens is 2. The molecule has 1 amide bonds. The molecule has 114 valence electrons. The highest BCUT2D eigenvalue weighted by atomic mass is 32.2. The molecule has 2 aromatic rings. The summed E-state index contributed by atoms with van der Waals surface area (Å²) in [5, 5.41) is 4.95. The monoisotopic (exact) mass is 323 g/mol. The third-order valence-electron chi connectivity index (χ3n) is 3.31. The van der Waals surface area contributed by atoms with Crippen molar-refractivity contribution in [2.45, 2.75) is 39.1 Å². The first-order valence-corrected chi connectivity index (χ1v) is 8.89. The van der Waals surface area contributed by atoms with Gasteiger partial charge in [-0.3, -0.25) is 4.79 Å². The third-order valence-corrected chi connectivity index (χ3v) is 5.42. The van der Waals surface area contributed by atoms with E-state index in [9.17, 15) is 4.79 Å². The molecular weight excluding hydrogens is 302 g/mol. The number of nitrogens with one attached hydrogen (secondary N) is 1. The minimum Gasteiger partial charge on any atom is -0.355 e. The number of nitrogens with zero attached hydrogens (tertiary/aromatic N) is 2. The maximum absolute atomic E-state index is 11.9. The van der Waals surface area contributed by atoms with Crippen molar-refractivity contribution in [3.05, 3.63) is 16.8 Å². The molecule has 0 aliphatic rings. The molecule has 0 unspecified atom stereocenters. The van der Waals surface area contributed by atoms with Crippen LogP contribution in [-0.2, 0) is 4.79 Å². The summed E-state index contributed by atoms with van der Waals surface area (Å²) in [6.07, 6.45) is 2.59. The van der Waals surface area contributed by atoms with Gasteiger partial charge in [0.2, 0.25) is 5.91 Å². The second-order valence-corrected chi connectivity index (χ2v) is 7.63. The largest absolute Gasteiger partial charge is 0.355 e. The normalized spacial score (nSPS) is 11.3. The number of aryl methyl sites for hydroxylation is 2. The van der Waals surface area contributed by atoms with Gasteiger partial charge in [0.25, 0.3) is 0 Å². The lowest BCUT2D eigenvalue weighted by Crippen LogP contribution is -2.26. The summed E-state index contributed by atoms with van der Waals surface area (Å²) in [5.41, 5.74) is 1.22. The molecular formula is C15H21N3OS2. The highest BCUT2D eigenvalue weighted by Gasteiger charge is 2.13. The molecule has 0 aliphatic heterocycles. The smallest absolute Gasteiger partial charge is 0.230 e. The summed E-state index contributed by atoms with van der Waals surface area (Å²) >= 11 is 3.17. The van der Waals surface area contributed by atoms with Crippen LogP contribution in [0, 0.1) is 19.8 Å². The summed E-state index contributed by atoms with van der Waals surface area (Å²) in [5.74, 6) is 1.08. The molecule has 6 heteroatoms. The third kappa shape index (κ3) is 4.17. The molecule has 0 fully saturated rings. The van der Waals surface area contributed by atoms with Crippen LogP contribution in [0.3, 0.4) is 0 Å². The van der Waals surface area contributed by atoms with E-state index < -0.39 is 0 Å². The first-order chi connectivity index (χ1) is 9.99. The average Bonchev–Trinajstić information content (AvgIpc) is 2.72. The number of carbonyl (C=O) groups is 1. The number of thiophene rings is 1. The van der Waals surface area contributed by atoms with E-state index in [1.165, 1.54) is 22.2 Å². The van der Waals surface area contributed by atoms with E-state index in [2.05, 4.69) is 43.0 Å². The topological polar surface area (TPSA) is 54.9 Å². The lowest BCUT2D eigenvalue weighted by molar-refractivity contribution is -0.118. The molecule has 1 N–H and O–H groups in total. The number of hydrogen-bond acceptors (Lipinski definition) is 5. The van der Waals surface area contributed by atoms with E-state index in [4.69, 9.17) is 0 Å². The Kier molecular flexibility index (Phi) is 5.58. The van der Waals surface area contributed by atoms with Crippen LogP contribution in [0.4, 0.5) is 0 Å². The molecule has 4 nitrogen and oxygen atoms in total. The Hall–Kier alpha value is -1.14. The van der Waals surface area contributed by atoms with Gasteiger partial charge >= 0.3 is 0 Å². The number of rotatable bonds is 6. The highest BCUT2D eigenvalue weighted by molar-refractivity contribution is 8.00. The Balaban J connectivity index is 1.99. The van der Waals surface area contributed by atoms with Crippen molar-refractivity contribution in [2.24, 2.45) is 5.92 Å². The molecule has 0 aliphatic carbocycles. The van der Waals surface area contributed by atoms with E-state index in [-0.39, 0.29) is 5.91 Å². The van der Waals surface area contributed by atoms with Crippen LogP contribution in [0.25, 0.3) is 10.2 Å². The Labute approximate surface area is 133 Å². The molecule has 0 bridgehead atoms. The van der Waals surface area contributed by atoms with Crippen molar-refractivity contribution in [1.29, 1.82) is 0 Å². The molecule has 2 heterocycles. The van der Waals surface area contributed by atoms with E-state index in [0.29, 0.717) is 11.7 Å². The molecule has 21 heavy (non-hydrogen) atoms. The Bertz CT molecular complexity index is 637. The Morgan fingerprint density at radius 3 is 2.86 bits per heavy atom. The maximum Gasteiger partial charge on any atom is 0.230 e. The number of carbonyl (C=O) groups excluding carboxylic acids is 1. The minimum absolute atomic E-state index is 0.0667. The zero-order valence-corrected chi connectivity index (χ0v) is 14.5. The summed E-state index contributed by atoms with van der Waals surface area (Å²) in [4.78, 5) is 22.8.